The monoisotopic (exact) mass is 369 g/mol. The van der Waals surface area contributed by atoms with Gasteiger partial charge in [-0.05, 0) is 24.6 Å². The number of carbonyl (C=O) groups is 1. The number of aliphatic carboxylic acids is 1. The highest BCUT2D eigenvalue weighted by Gasteiger charge is 2.13. The summed E-state index contributed by atoms with van der Waals surface area (Å²) in [5.41, 5.74) is 1.46. The van der Waals surface area contributed by atoms with Gasteiger partial charge in [-0.2, -0.15) is 0 Å². The van der Waals surface area contributed by atoms with Crippen molar-refractivity contribution in [1.82, 2.24) is 4.98 Å². The lowest BCUT2D eigenvalue weighted by Gasteiger charge is -2.10. The van der Waals surface area contributed by atoms with E-state index in [4.69, 9.17) is 9.84 Å². The lowest BCUT2D eigenvalue weighted by atomic mass is 10.2. The van der Waals surface area contributed by atoms with Crippen LogP contribution in [-0.4, -0.2) is 22.7 Å². The van der Waals surface area contributed by atoms with Crippen molar-refractivity contribution in [3.05, 3.63) is 33.7 Å². The quantitative estimate of drug-likeness (QED) is 0.735. The number of hydrogen-bond donors (Lipinski definition) is 1. The molecular formula is C15H16BrNO3S. The van der Waals surface area contributed by atoms with Gasteiger partial charge < -0.3 is 9.84 Å². The Morgan fingerprint density at radius 3 is 3.00 bits per heavy atom. The Balaban J connectivity index is 2.26. The van der Waals surface area contributed by atoms with Crippen molar-refractivity contribution in [1.29, 1.82) is 0 Å². The van der Waals surface area contributed by atoms with Crippen molar-refractivity contribution in [3.8, 4) is 16.3 Å². The van der Waals surface area contributed by atoms with E-state index in [2.05, 4.69) is 27.8 Å². The van der Waals surface area contributed by atoms with Gasteiger partial charge in [0.25, 0.3) is 0 Å². The molecule has 6 heteroatoms. The second kappa shape index (κ2) is 7.56. The second-order valence-corrected chi connectivity index (χ2v) is 6.33. The van der Waals surface area contributed by atoms with Crippen LogP contribution in [0.15, 0.2) is 28.1 Å². The van der Waals surface area contributed by atoms with E-state index < -0.39 is 5.97 Å². The molecule has 0 unspecified atom stereocenters. The summed E-state index contributed by atoms with van der Waals surface area (Å²) >= 11 is 4.88. The molecule has 4 nitrogen and oxygen atoms in total. The lowest BCUT2D eigenvalue weighted by Crippen LogP contribution is -2.00. The summed E-state index contributed by atoms with van der Waals surface area (Å²) in [6.07, 6.45) is 2.01. The maximum absolute atomic E-state index is 10.7. The summed E-state index contributed by atoms with van der Waals surface area (Å²) in [5, 5.41) is 11.4. The summed E-state index contributed by atoms with van der Waals surface area (Å²) in [6, 6.07) is 5.79. The average Bonchev–Trinajstić information content (AvgIpc) is 2.88. The highest BCUT2D eigenvalue weighted by Crippen LogP contribution is 2.35. The number of benzene rings is 1. The van der Waals surface area contributed by atoms with Crippen LogP contribution in [0.2, 0.25) is 0 Å². The van der Waals surface area contributed by atoms with Crippen molar-refractivity contribution >= 4 is 33.2 Å². The zero-order valence-corrected chi connectivity index (χ0v) is 14.0. The van der Waals surface area contributed by atoms with Crippen LogP contribution in [-0.2, 0) is 11.2 Å². The fraction of sp³-hybridized carbons (Fsp3) is 0.333. The predicted octanol–water partition coefficient (Wildman–Crippen LogP) is 4.38. The molecule has 2 aromatic rings. The molecule has 0 fully saturated rings. The predicted molar refractivity (Wildman–Crippen MR) is 87.0 cm³/mol. The third-order valence-corrected chi connectivity index (χ3v) is 4.23. The van der Waals surface area contributed by atoms with E-state index >= 15 is 0 Å². The number of aromatic nitrogens is 1. The summed E-state index contributed by atoms with van der Waals surface area (Å²) in [7, 11) is 0. The molecule has 0 amide bonds. The minimum absolute atomic E-state index is 0.0590. The molecule has 0 aliphatic heterocycles. The van der Waals surface area contributed by atoms with E-state index in [0.717, 1.165) is 33.6 Å². The van der Waals surface area contributed by atoms with Crippen molar-refractivity contribution in [2.45, 2.75) is 26.2 Å². The van der Waals surface area contributed by atoms with Crippen LogP contribution in [0.3, 0.4) is 0 Å². The molecule has 0 saturated heterocycles. The van der Waals surface area contributed by atoms with E-state index in [0.29, 0.717) is 12.3 Å². The summed E-state index contributed by atoms with van der Waals surface area (Å²) in [6.45, 7) is 2.78. The standard InChI is InChI=1S/C15H16BrNO3S/c1-2-3-6-20-13-5-4-10(16)7-12(13)15-17-11(9-21-15)8-14(18)19/h4-5,7,9H,2-3,6,8H2,1H3,(H,18,19). The van der Waals surface area contributed by atoms with Gasteiger partial charge in [0.15, 0.2) is 0 Å². The van der Waals surface area contributed by atoms with E-state index in [9.17, 15) is 4.79 Å². The molecule has 0 atom stereocenters. The van der Waals surface area contributed by atoms with Crippen LogP contribution >= 0.6 is 27.3 Å². The van der Waals surface area contributed by atoms with Crippen molar-refractivity contribution in [2.75, 3.05) is 6.61 Å². The Kier molecular flexibility index (Phi) is 5.76. The third-order valence-electron chi connectivity index (χ3n) is 2.81. The molecule has 1 aromatic carbocycles. The van der Waals surface area contributed by atoms with Crippen molar-refractivity contribution < 1.29 is 14.6 Å². The Hall–Kier alpha value is -1.40. The van der Waals surface area contributed by atoms with Gasteiger partial charge in [-0.25, -0.2) is 4.98 Å². The van der Waals surface area contributed by atoms with Crippen LogP contribution in [0.4, 0.5) is 0 Å². The van der Waals surface area contributed by atoms with Gasteiger partial charge in [0.05, 0.1) is 24.3 Å². The number of carboxylic acids is 1. The largest absolute Gasteiger partial charge is 0.493 e. The highest BCUT2D eigenvalue weighted by atomic mass is 79.9. The third kappa shape index (κ3) is 4.54. The molecule has 0 radical (unpaired) electrons. The Labute approximate surface area is 135 Å². The van der Waals surface area contributed by atoms with Gasteiger partial charge in [-0.15, -0.1) is 11.3 Å². The summed E-state index contributed by atoms with van der Waals surface area (Å²) in [4.78, 5) is 15.1. The molecular weight excluding hydrogens is 354 g/mol. The number of carboxylic acid groups (broad SMARTS) is 1. The minimum Gasteiger partial charge on any atom is -0.493 e. The molecule has 0 saturated carbocycles. The van der Waals surface area contributed by atoms with Crippen LogP contribution in [0.25, 0.3) is 10.6 Å². The second-order valence-electron chi connectivity index (χ2n) is 4.56. The van der Waals surface area contributed by atoms with Gasteiger partial charge in [0.1, 0.15) is 10.8 Å². The number of hydrogen-bond acceptors (Lipinski definition) is 4. The van der Waals surface area contributed by atoms with Gasteiger partial charge in [0.2, 0.25) is 0 Å². The molecule has 0 spiro atoms. The van der Waals surface area contributed by atoms with Crippen LogP contribution in [0.1, 0.15) is 25.5 Å². The molecule has 112 valence electrons. The molecule has 21 heavy (non-hydrogen) atoms. The summed E-state index contributed by atoms with van der Waals surface area (Å²) in [5.74, 6) is -0.0941. The van der Waals surface area contributed by atoms with E-state index in [-0.39, 0.29) is 6.42 Å². The Bertz CT molecular complexity index is 627. The van der Waals surface area contributed by atoms with Gasteiger partial charge >= 0.3 is 5.97 Å². The van der Waals surface area contributed by atoms with Gasteiger partial charge in [-0.1, -0.05) is 29.3 Å². The number of rotatable bonds is 7. The molecule has 0 aliphatic rings. The van der Waals surface area contributed by atoms with Crippen molar-refractivity contribution in [3.63, 3.8) is 0 Å². The lowest BCUT2D eigenvalue weighted by molar-refractivity contribution is -0.136. The van der Waals surface area contributed by atoms with Gasteiger partial charge in [0, 0.05) is 9.85 Å². The average molecular weight is 370 g/mol. The topological polar surface area (TPSA) is 59.4 Å². The first-order valence-corrected chi connectivity index (χ1v) is 8.36. The number of nitrogens with zero attached hydrogens (tertiary/aromatic N) is 1. The molecule has 1 aromatic heterocycles. The first kappa shape index (κ1) is 16.0. The van der Waals surface area contributed by atoms with Crippen LogP contribution in [0.5, 0.6) is 5.75 Å². The van der Waals surface area contributed by atoms with E-state index in [1.54, 1.807) is 5.38 Å². The SMILES string of the molecule is CCCCOc1ccc(Br)cc1-c1nc(CC(=O)O)cs1. The highest BCUT2D eigenvalue weighted by molar-refractivity contribution is 9.10. The number of thiazole rings is 1. The molecule has 2 rings (SSSR count). The van der Waals surface area contributed by atoms with Crippen LogP contribution in [0, 0.1) is 0 Å². The first-order chi connectivity index (χ1) is 10.1. The minimum atomic E-state index is -0.875. The van der Waals surface area contributed by atoms with Gasteiger partial charge in [-0.3, -0.25) is 4.79 Å². The van der Waals surface area contributed by atoms with Crippen molar-refractivity contribution in [2.24, 2.45) is 0 Å². The Morgan fingerprint density at radius 1 is 1.48 bits per heavy atom. The molecule has 0 bridgehead atoms. The van der Waals surface area contributed by atoms with Crippen LogP contribution < -0.4 is 4.74 Å². The van der Waals surface area contributed by atoms with E-state index in [1.807, 2.05) is 18.2 Å². The number of unbranched alkanes of at least 4 members (excludes halogenated alkanes) is 1. The zero-order chi connectivity index (χ0) is 15.2. The molecule has 0 aliphatic carbocycles. The maximum Gasteiger partial charge on any atom is 0.309 e. The smallest absolute Gasteiger partial charge is 0.309 e. The molecule has 1 N–H and O–H groups in total. The number of halogens is 1. The fourth-order valence-electron chi connectivity index (χ4n) is 1.79. The molecule has 1 heterocycles. The number of ether oxygens (including phenoxy) is 1. The fourth-order valence-corrected chi connectivity index (χ4v) is 2.99. The maximum atomic E-state index is 10.7. The normalized spacial score (nSPS) is 10.6. The summed E-state index contributed by atoms with van der Waals surface area (Å²) < 4.78 is 6.75. The first-order valence-electron chi connectivity index (χ1n) is 6.69. The zero-order valence-electron chi connectivity index (χ0n) is 11.6. The Morgan fingerprint density at radius 2 is 2.29 bits per heavy atom. The van der Waals surface area contributed by atoms with E-state index in [1.165, 1.54) is 11.3 Å².